The molecule has 0 aliphatic heterocycles. The molecule has 0 saturated heterocycles. The van der Waals surface area contributed by atoms with Gasteiger partial charge in [-0.3, -0.25) is 9.59 Å². The van der Waals surface area contributed by atoms with Gasteiger partial charge in [0, 0.05) is 20.6 Å². The Morgan fingerprint density at radius 3 is 2.72 bits per heavy atom. The van der Waals surface area contributed by atoms with Crippen LogP contribution >= 0.6 is 27.5 Å². The van der Waals surface area contributed by atoms with Crippen LogP contribution in [-0.4, -0.2) is 18.4 Å². The molecule has 3 aromatic rings. The third-order valence-corrected chi connectivity index (χ3v) is 4.30. The van der Waals surface area contributed by atoms with Crippen molar-refractivity contribution in [2.75, 3.05) is 11.9 Å². The number of hydrogen-bond donors (Lipinski definition) is 2. The van der Waals surface area contributed by atoms with Crippen molar-refractivity contribution in [1.29, 1.82) is 0 Å². The van der Waals surface area contributed by atoms with Crippen molar-refractivity contribution in [2.45, 2.75) is 6.92 Å². The monoisotopic (exact) mass is 420 g/mol. The van der Waals surface area contributed by atoms with Gasteiger partial charge in [-0.1, -0.05) is 27.5 Å². The van der Waals surface area contributed by atoms with Crippen molar-refractivity contribution >= 4 is 56.0 Å². The molecule has 2 N–H and O–H groups in total. The molecular formula is C18H14BrClN2O3. The van der Waals surface area contributed by atoms with Gasteiger partial charge < -0.3 is 15.1 Å². The van der Waals surface area contributed by atoms with E-state index in [2.05, 4.69) is 26.6 Å². The molecule has 1 aromatic heterocycles. The van der Waals surface area contributed by atoms with Gasteiger partial charge in [0.2, 0.25) is 5.91 Å². The first kappa shape index (κ1) is 17.5. The van der Waals surface area contributed by atoms with E-state index >= 15 is 0 Å². The van der Waals surface area contributed by atoms with Crippen LogP contribution in [0.1, 0.15) is 16.1 Å². The maximum Gasteiger partial charge on any atom is 0.287 e. The van der Waals surface area contributed by atoms with Crippen molar-refractivity contribution in [1.82, 2.24) is 5.32 Å². The number of nitrogens with one attached hydrogen (secondary N) is 2. The molecule has 25 heavy (non-hydrogen) atoms. The summed E-state index contributed by atoms with van der Waals surface area (Å²) in [7, 11) is 0. The van der Waals surface area contributed by atoms with Gasteiger partial charge in [-0.25, -0.2) is 0 Å². The zero-order valence-corrected chi connectivity index (χ0v) is 15.6. The van der Waals surface area contributed by atoms with Gasteiger partial charge in [0.05, 0.1) is 6.54 Å². The number of carbonyl (C=O) groups excluding carboxylic acids is 2. The largest absolute Gasteiger partial charge is 0.451 e. The fraction of sp³-hybridized carbons (Fsp3) is 0.111. The molecule has 0 atom stereocenters. The molecule has 7 heteroatoms. The third-order valence-electron chi connectivity index (χ3n) is 3.57. The first-order chi connectivity index (χ1) is 11.9. The highest BCUT2D eigenvalue weighted by Crippen LogP contribution is 2.23. The molecule has 3 rings (SSSR count). The fourth-order valence-corrected chi connectivity index (χ4v) is 2.99. The number of aryl methyl sites for hydroxylation is 1. The van der Waals surface area contributed by atoms with Crippen LogP contribution < -0.4 is 10.6 Å². The Hall–Kier alpha value is -2.31. The maximum atomic E-state index is 12.1. The topological polar surface area (TPSA) is 71.3 Å². The molecule has 2 aromatic carbocycles. The molecule has 0 spiro atoms. The van der Waals surface area contributed by atoms with Crippen molar-refractivity contribution in [3.05, 3.63) is 63.3 Å². The average Bonchev–Trinajstić information content (AvgIpc) is 2.98. The van der Waals surface area contributed by atoms with E-state index in [4.69, 9.17) is 16.0 Å². The number of furan rings is 1. The van der Waals surface area contributed by atoms with Gasteiger partial charge in [-0.05, 0) is 55.0 Å². The number of amides is 2. The molecule has 5 nitrogen and oxygen atoms in total. The summed E-state index contributed by atoms with van der Waals surface area (Å²) in [6, 6.07) is 12.2. The highest BCUT2D eigenvalue weighted by atomic mass is 79.9. The summed E-state index contributed by atoms with van der Waals surface area (Å²) < 4.78 is 6.39. The Labute approximate surface area is 157 Å². The Balaban J connectivity index is 1.61. The average molecular weight is 422 g/mol. The maximum absolute atomic E-state index is 12.1. The SMILES string of the molecule is Cc1cc(Br)ccc1NC(=O)CNC(=O)c1cc2cc(Cl)ccc2o1. The summed E-state index contributed by atoms with van der Waals surface area (Å²) in [6.07, 6.45) is 0. The second-order valence-electron chi connectivity index (χ2n) is 5.48. The highest BCUT2D eigenvalue weighted by Gasteiger charge is 2.14. The van der Waals surface area contributed by atoms with E-state index < -0.39 is 5.91 Å². The van der Waals surface area contributed by atoms with Crippen LogP contribution in [-0.2, 0) is 4.79 Å². The van der Waals surface area contributed by atoms with Gasteiger partial charge in [-0.15, -0.1) is 0 Å². The summed E-state index contributed by atoms with van der Waals surface area (Å²) in [6.45, 7) is 1.73. The lowest BCUT2D eigenvalue weighted by atomic mass is 10.2. The second kappa shape index (κ2) is 7.29. The number of anilines is 1. The smallest absolute Gasteiger partial charge is 0.287 e. The van der Waals surface area contributed by atoms with Gasteiger partial charge in [-0.2, -0.15) is 0 Å². The van der Waals surface area contributed by atoms with Crippen LogP contribution in [0.25, 0.3) is 11.0 Å². The highest BCUT2D eigenvalue weighted by molar-refractivity contribution is 9.10. The number of rotatable bonds is 4. The van der Waals surface area contributed by atoms with Crippen LogP contribution in [0.2, 0.25) is 5.02 Å². The second-order valence-corrected chi connectivity index (χ2v) is 6.84. The van der Waals surface area contributed by atoms with Gasteiger partial charge in [0.1, 0.15) is 5.58 Å². The standard InChI is InChI=1S/C18H14BrClN2O3/c1-10-6-12(19)2-4-14(10)22-17(23)9-21-18(24)16-8-11-7-13(20)3-5-15(11)25-16/h2-8H,9H2,1H3,(H,21,24)(H,22,23). The van der Waals surface area contributed by atoms with Crippen molar-refractivity contribution in [3.8, 4) is 0 Å². The van der Waals surface area contributed by atoms with Crippen molar-refractivity contribution in [2.24, 2.45) is 0 Å². The van der Waals surface area contributed by atoms with Gasteiger partial charge in [0.15, 0.2) is 5.76 Å². The zero-order valence-electron chi connectivity index (χ0n) is 13.2. The van der Waals surface area contributed by atoms with Gasteiger partial charge >= 0.3 is 0 Å². The zero-order chi connectivity index (χ0) is 18.0. The minimum Gasteiger partial charge on any atom is -0.451 e. The molecule has 1 heterocycles. The number of hydrogen-bond acceptors (Lipinski definition) is 3. The Bertz CT molecular complexity index is 968. The molecule has 0 radical (unpaired) electrons. The molecule has 0 fully saturated rings. The predicted molar refractivity (Wildman–Crippen MR) is 101 cm³/mol. The predicted octanol–water partition coefficient (Wildman–Crippen LogP) is 4.53. The molecule has 0 aliphatic rings. The number of fused-ring (bicyclic) bond motifs is 1. The summed E-state index contributed by atoms with van der Waals surface area (Å²) in [5, 5.41) is 6.58. The molecule has 2 amide bonds. The van der Waals surface area contributed by atoms with Crippen LogP contribution in [0.3, 0.4) is 0 Å². The normalized spacial score (nSPS) is 10.7. The van der Waals surface area contributed by atoms with E-state index in [1.54, 1.807) is 30.3 Å². The van der Waals surface area contributed by atoms with E-state index in [9.17, 15) is 9.59 Å². The first-order valence-electron chi connectivity index (χ1n) is 7.45. The van der Waals surface area contributed by atoms with Gasteiger partial charge in [0.25, 0.3) is 5.91 Å². The molecule has 128 valence electrons. The van der Waals surface area contributed by atoms with Crippen LogP contribution in [0, 0.1) is 6.92 Å². The molecule has 0 unspecified atom stereocenters. The number of carbonyl (C=O) groups is 2. The summed E-state index contributed by atoms with van der Waals surface area (Å²) in [4.78, 5) is 24.2. The van der Waals surface area contributed by atoms with Crippen LogP contribution in [0.5, 0.6) is 0 Å². The van der Waals surface area contributed by atoms with E-state index in [0.717, 1.165) is 15.4 Å². The van der Waals surface area contributed by atoms with Crippen LogP contribution in [0.15, 0.2) is 51.4 Å². The van der Waals surface area contributed by atoms with Crippen LogP contribution in [0.4, 0.5) is 5.69 Å². The van der Waals surface area contributed by atoms with E-state index in [1.165, 1.54) is 0 Å². The number of halogens is 2. The molecule has 0 saturated carbocycles. The van der Waals surface area contributed by atoms with Crippen molar-refractivity contribution < 1.29 is 14.0 Å². The molecule has 0 bridgehead atoms. The summed E-state index contributed by atoms with van der Waals surface area (Å²) in [5.74, 6) is -0.655. The quantitative estimate of drug-likeness (QED) is 0.650. The Morgan fingerprint density at radius 2 is 1.96 bits per heavy atom. The summed E-state index contributed by atoms with van der Waals surface area (Å²) in [5.41, 5.74) is 2.17. The lowest BCUT2D eigenvalue weighted by Gasteiger charge is -2.09. The third kappa shape index (κ3) is 4.21. The minimum atomic E-state index is -0.463. The molecule has 0 aliphatic carbocycles. The lowest BCUT2D eigenvalue weighted by Crippen LogP contribution is -2.32. The van der Waals surface area contributed by atoms with E-state index in [-0.39, 0.29) is 18.2 Å². The molecular weight excluding hydrogens is 408 g/mol. The Morgan fingerprint density at radius 1 is 1.16 bits per heavy atom. The fourth-order valence-electron chi connectivity index (χ4n) is 2.34. The van der Waals surface area contributed by atoms with Crippen molar-refractivity contribution in [3.63, 3.8) is 0 Å². The minimum absolute atomic E-state index is 0.130. The number of benzene rings is 2. The summed E-state index contributed by atoms with van der Waals surface area (Å²) >= 11 is 9.28. The Kier molecular flexibility index (Phi) is 5.11. The van der Waals surface area contributed by atoms with E-state index in [0.29, 0.717) is 16.3 Å². The van der Waals surface area contributed by atoms with E-state index in [1.807, 2.05) is 19.1 Å². The first-order valence-corrected chi connectivity index (χ1v) is 8.63. The lowest BCUT2D eigenvalue weighted by molar-refractivity contribution is -0.115.